The van der Waals surface area contributed by atoms with E-state index in [1.807, 2.05) is 26.8 Å². The van der Waals surface area contributed by atoms with Crippen molar-refractivity contribution in [3.63, 3.8) is 0 Å². The van der Waals surface area contributed by atoms with E-state index in [2.05, 4.69) is 9.88 Å². The molecule has 0 saturated carbocycles. The lowest BCUT2D eigenvalue weighted by Gasteiger charge is -2.29. The Labute approximate surface area is 206 Å². The molecule has 35 heavy (non-hydrogen) atoms. The molecule has 8 heteroatoms. The summed E-state index contributed by atoms with van der Waals surface area (Å²) in [6, 6.07) is 8.18. The molecule has 0 spiro atoms. The van der Waals surface area contributed by atoms with Gasteiger partial charge in [-0.15, -0.1) is 0 Å². The zero-order valence-corrected chi connectivity index (χ0v) is 20.6. The highest BCUT2D eigenvalue weighted by atomic mass is 16.5. The second kappa shape index (κ2) is 11.0. The molecule has 186 valence electrons. The predicted molar refractivity (Wildman–Crippen MR) is 132 cm³/mol. The number of aliphatic hydroxyl groups is 1. The zero-order chi connectivity index (χ0) is 24.9. The van der Waals surface area contributed by atoms with E-state index in [9.17, 15) is 14.7 Å². The molecular weight excluding hydrogens is 446 g/mol. The van der Waals surface area contributed by atoms with Crippen LogP contribution in [-0.2, 0) is 14.3 Å². The number of rotatable bonds is 8. The zero-order valence-electron chi connectivity index (χ0n) is 20.6. The molecule has 0 radical (unpaired) electrons. The maximum Gasteiger partial charge on any atom is 0.295 e. The van der Waals surface area contributed by atoms with Gasteiger partial charge in [0.2, 0.25) is 0 Å². The van der Waals surface area contributed by atoms with Crippen LogP contribution in [0.15, 0.2) is 48.3 Å². The Morgan fingerprint density at radius 2 is 1.97 bits per heavy atom. The first-order valence-electron chi connectivity index (χ1n) is 12.1. The fraction of sp³-hybridized carbons (Fsp3) is 0.444. The molecule has 2 saturated heterocycles. The summed E-state index contributed by atoms with van der Waals surface area (Å²) in [7, 11) is 0. The van der Waals surface area contributed by atoms with Crippen LogP contribution >= 0.6 is 0 Å². The van der Waals surface area contributed by atoms with Gasteiger partial charge in [0, 0.05) is 44.1 Å². The summed E-state index contributed by atoms with van der Waals surface area (Å²) in [4.78, 5) is 34.4. The van der Waals surface area contributed by atoms with Crippen LogP contribution in [0.3, 0.4) is 0 Å². The standard InChI is InChI=1S/C27H33N3O5/c1-18(2)35-22-8-7-20(16-19(22)3)25(31)23-24(21-6-4-9-28-17-21)30(27(33)26(23)32)11-5-10-29-12-14-34-15-13-29/h4,6-9,16-18,24,31H,5,10-15H2,1-3H3/b25-23+/t24-/m1/s1. The Bertz CT molecular complexity index is 1090. The number of ether oxygens (including phenoxy) is 2. The van der Waals surface area contributed by atoms with Crippen LogP contribution in [0.4, 0.5) is 0 Å². The number of ketones is 1. The number of likely N-dealkylation sites (tertiary alicyclic amines) is 1. The molecule has 2 aliphatic heterocycles. The second-order valence-corrected chi connectivity index (χ2v) is 9.23. The quantitative estimate of drug-likeness (QED) is 0.353. The van der Waals surface area contributed by atoms with Crippen molar-refractivity contribution in [3.8, 4) is 5.75 Å². The Hall–Kier alpha value is -3.23. The lowest BCUT2D eigenvalue weighted by atomic mass is 9.95. The van der Waals surface area contributed by atoms with E-state index in [1.165, 1.54) is 0 Å². The van der Waals surface area contributed by atoms with Crippen LogP contribution in [0.5, 0.6) is 5.75 Å². The van der Waals surface area contributed by atoms with Gasteiger partial charge in [-0.05, 0) is 62.6 Å². The van der Waals surface area contributed by atoms with Crippen LogP contribution < -0.4 is 4.74 Å². The summed E-state index contributed by atoms with van der Waals surface area (Å²) < 4.78 is 11.2. The van der Waals surface area contributed by atoms with Gasteiger partial charge in [0.25, 0.3) is 11.7 Å². The van der Waals surface area contributed by atoms with E-state index in [-0.39, 0.29) is 17.4 Å². The number of aromatic nitrogens is 1. The van der Waals surface area contributed by atoms with Crippen molar-refractivity contribution >= 4 is 17.4 Å². The number of hydrogen-bond acceptors (Lipinski definition) is 7. The van der Waals surface area contributed by atoms with Crippen LogP contribution in [-0.4, -0.2) is 77.1 Å². The fourth-order valence-electron chi connectivity index (χ4n) is 4.62. The molecule has 0 aliphatic carbocycles. The highest BCUT2D eigenvalue weighted by Crippen LogP contribution is 2.39. The third-order valence-corrected chi connectivity index (χ3v) is 6.33. The normalized spacial score (nSPS) is 20.6. The lowest BCUT2D eigenvalue weighted by molar-refractivity contribution is -0.140. The number of hydrogen-bond donors (Lipinski definition) is 1. The van der Waals surface area contributed by atoms with Crippen molar-refractivity contribution in [2.45, 2.75) is 39.3 Å². The number of aryl methyl sites for hydroxylation is 1. The third-order valence-electron chi connectivity index (χ3n) is 6.33. The minimum absolute atomic E-state index is 0.0153. The second-order valence-electron chi connectivity index (χ2n) is 9.23. The van der Waals surface area contributed by atoms with E-state index >= 15 is 0 Å². The Morgan fingerprint density at radius 3 is 2.63 bits per heavy atom. The first-order valence-corrected chi connectivity index (χ1v) is 12.1. The van der Waals surface area contributed by atoms with Crippen LogP contribution in [0.2, 0.25) is 0 Å². The summed E-state index contributed by atoms with van der Waals surface area (Å²) in [6.45, 7) is 10.1. The minimum Gasteiger partial charge on any atom is -0.507 e. The van der Waals surface area contributed by atoms with Crippen LogP contribution in [0.1, 0.15) is 43.0 Å². The van der Waals surface area contributed by atoms with Gasteiger partial charge in [0.1, 0.15) is 11.5 Å². The number of Topliss-reactive ketones (excluding diaryl/α,β-unsaturated/α-hetero) is 1. The van der Waals surface area contributed by atoms with Crippen molar-refractivity contribution in [1.29, 1.82) is 0 Å². The summed E-state index contributed by atoms with van der Waals surface area (Å²) in [6.07, 6.45) is 4.01. The first-order chi connectivity index (χ1) is 16.9. The maximum atomic E-state index is 13.2. The number of carbonyl (C=O) groups excluding carboxylic acids is 2. The molecule has 0 bridgehead atoms. The highest BCUT2D eigenvalue weighted by molar-refractivity contribution is 6.46. The summed E-state index contributed by atoms with van der Waals surface area (Å²) in [5.41, 5.74) is 2.08. The molecule has 4 rings (SSSR count). The monoisotopic (exact) mass is 479 g/mol. The number of carbonyl (C=O) groups is 2. The third kappa shape index (κ3) is 5.55. The number of aliphatic hydroxyl groups excluding tert-OH is 1. The smallest absolute Gasteiger partial charge is 0.295 e. The lowest BCUT2D eigenvalue weighted by Crippen LogP contribution is -2.39. The van der Waals surface area contributed by atoms with Crippen molar-refractivity contribution in [2.24, 2.45) is 0 Å². The summed E-state index contributed by atoms with van der Waals surface area (Å²) >= 11 is 0. The van der Waals surface area contributed by atoms with Gasteiger partial charge < -0.3 is 19.5 Å². The molecule has 0 unspecified atom stereocenters. The average Bonchev–Trinajstić information content (AvgIpc) is 3.11. The molecule has 8 nitrogen and oxygen atoms in total. The maximum absolute atomic E-state index is 13.2. The molecule has 3 heterocycles. The first kappa shape index (κ1) is 24.9. The van der Waals surface area contributed by atoms with E-state index < -0.39 is 17.7 Å². The van der Waals surface area contributed by atoms with Gasteiger partial charge in [-0.1, -0.05) is 6.07 Å². The predicted octanol–water partition coefficient (Wildman–Crippen LogP) is 3.32. The van der Waals surface area contributed by atoms with Crippen LogP contribution in [0.25, 0.3) is 5.76 Å². The van der Waals surface area contributed by atoms with E-state index in [4.69, 9.17) is 9.47 Å². The van der Waals surface area contributed by atoms with Gasteiger partial charge >= 0.3 is 0 Å². The molecule has 2 aromatic rings. The van der Waals surface area contributed by atoms with Crippen LogP contribution in [0, 0.1) is 6.92 Å². The Balaban J connectivity index is 1.65. The van der Waals surface area contributed by atoms with Crippen molar-refractivity contribution in [2.75, 3.05) is 39.4 Å². The molecule has 1 aromatic carbocycles. The number of benzene rings is 1. The number of morpholine rings is 1. The average molecular weight is 480 g/mol. The molecule has 1 aromatic heterocycles. The largest absolute Gasteiger partial charge is 0.507 e. The van der Waals surface area contributed by atoms with Gasteiger partial charge in [-0.25, -0.2) is 0 Å². The number of pyridine rings is 1. The SMILES string of the molecule is Cc1cc(/C(O)=C2\C(=O)C(=O)N(CCCN3CCOCC3)[C@@H]2c2cccnc2)ccc1OC(C)C. The molecule has 2 aliphatic rings. The van der Waals surface area contributed by atoms with Crippen molar-refractivity contribution in [3.05, 3.63) is 65.0 Å². The van der Waals surface area contributed by atoms with Gasteiger partial charge in [-0.3, -0.25) is 19.5 Å². The Kier molecular flexibility index (Phi) is 7.83. The van der Waals surface area contributed by atoms with Gasteiger partial charge in [0.05, 0.1) is 30.9 Å². The van der Waals surface area contributed by atoms with Crippen molar-refractivity contribution < 1.29 is 24.2 Å². The van der Waals surface area contributed by atoms with E-state index in [1.54, 1.807) is 41.6 Å². The summed E-state index contributed by atoms with van der Waals surface area (Å²) in [5, 5.41) is 11.3. The molecular formula is C27H33N3O5. The van der Waals surface area contributed by atoms with Gasteiger partial charge in [-0.2, -0.15) is 0 Å². The minimum atomic E-state index is -0.694. The number of amides is 1. The van der Waals surface area contributed by atoms with Crippen molar-refractivity contribution in [1.82, 2.24) is 14.8 Å². The van der Waals surface area contributed by atoms with E-state index in [0.29, 0.717) is 43.1 Å². The summed E-state index contributed by atoms with van der Waals surface area (Å²) in [5.74, 6) is -0.752. The van der Waals surface area contributed by atoms with E-state index in [0.717, 1.165) is 25.2 Å². The highest BCUT2D eigenvalue weighted by Gasteiger charge is 2.46. The van der Waals surface area contributed by atoms with Gasteiger partial charge in [0.15, 0.2) is 0 Å². The Morgan fingerprint density at radius 1 is 1.20 bits per heavy atom. The number of nitrogens with zero attached hydrogens (tertiary/aromatic N) is 3. The molecule has 1 atom stereocenters. The topological polar surface area (TPSA) is 92.2 Å². The fourth-order valence-corrected chi connectivity index (χ4v) is 4.62. The molecule has 1 N–H and O–H groups in total. The molecule has 1 amide bonds. The molecule has 2 fully saturated rings.